The molecule has 0 aliphatic carbocycles. The molecule has 2 aromatic rings. The number of benzene rings is 1. The minimum atomic E-state index is 0.129. The first kappa shape index (κ1) is 19.7. The van der Waals surface area contributed by atoms with E-state index in [9.17, 15) is 4.79 Å². The number of amides is 1. The van der Waals surface area contributed by atoms with Gasteiger partial charge < -0.3 is 14.7 Å². The molecule has 1 aromatic carbocycles. The fourth-order valence-corrected chi connectivity index (χ4v) is 4.32. The van der Waals surface area contributed by atoms with Crippen LogP contribution < -0.4 is 9.80 Å². The van der Waals surface area contributed by atoms with Crippen LogP contribution in [0.1, 0.15) is 47.2 Å². The Hall–Kier alpha value is -2.63. The van der Waals surface area contributed by atoms with Crippen molar-refractivity contribution in [1.82, 2.24) is 15.1 Å². The molecule has 1 aromatic heterocycles. The number of nitrogens with zero attached hydrogens (tertiary/aromatic N) is 5. The van der Waals surface area contributed by atoms with Gasteiger partial charge in [0.2, 0.25) is 0 Å². The van der Waals surface area contributed by atoms with E-state index in [1.54, 1.807) is 0 Å². The molecule has 0 saturated carbocycles. The Morgan fingerprint density at radius 2 is 1.34 bits per heavy atom. The van der Waals surface area contributed by atoms with E-state index in [0.717, 1.165) is 48.9 Å². The second kappa shape index (κ2) is 8.80. The van der Waals surface area contributed by atoms with Crippen molar-refractivity contribution < 1.29 is 4.79 Å². The standard InChI is InChI=1S/C23H31N5O/c1-18-7-8-20(19(2)17-18)23(29)28-15-13-27(14-16-28)22-10-9-21(24-25-22)26-11-5-3-4-6-12-26/h7-10,17H,3-6,11-16H2,1-2H3. The zero-order chi connectivity index (χ0) is 20.2. The van der Waals surface area contributed by atoms with E-state index in [-0.39, 0.29) is 5.91 Å². The third kappa shape index (κ3) is 4.52. The summed E-state index contributed by atoms with van der Waals surface area (Å²) in [4.78, 5) is 19.4. The lowest BCUT2D eigenvalue weighted by molar-refractivity contribution is 0.0745. The van der Waals surface area contributed by atoms with E-state index in [0.29, 0.717) is 13.1 Å². The summed E-state index contributed by atoms with van der Waals surface area (Å²) in [6, 6.07) is 10.2. The first-order valence-corrected chi connectivity index (χ1v) is 10.8. The molecule has 6 heteroatoms. The van der Waals surface area contributed by atoms with Crippen LogP contribution in [-0.2, 0) is 0 Å². The third-order valence-electron chi connectivity index (χ3n) is 6.07. The first-order chi connectivity index (χ1) is 14.1. The van der Waals surface area contributed by atoms with Crippen molar-refractivity contribution in [3.63, 3.8) is 0 Å². The predicted octanol–water partition coefficient (Wildman–Crippen LogP) is 3.44. The van der Waals surface area contributed by atoms with Crippen LogP contribution in [0.15, 0.2) is 30.3 Å². The fraction of sp³-hybridized carbons (Fsp3) is 0.522. The van der Waals surface area contributed by atoms with Gasteiger partial charge in [-0.1, -0.05) is 30.5 Å². The normalized spacial score (nSPS) is 17.9. The maximum Gasteiger partial charge on any atom is 0.254 e. The van der Waals surface area contributed by atoms with Gasteiger partial charge in [0, 0.05) is 44.8 Å². The highest BCUT2D eigenvalue weighted by Crippen LogP contribution is 2.21. The summed E-state index contributed by atoms with van der Waals surface area (Å²) < 4.78 is 0. The average molecular weight is 394 g/mol. The molecule has 2 fully saturated rings. The van der Waals surface area contributed by atoms with E-state index in [1.165, 1.54) is 31.2 Å². The van der Waals surface area contributed by atoms with Crippen LogP contribution in [0, 0.1) is 13.8 Å². The van der Waals surface area contributed by atoms with Crippen molar-refractivity contribution >= 4 is 17.5 Å². The maximum atomic E-state index is 12.9. The molecular formula is C23H31N5O. The van der Waals surface area contributed by atoms with E-state index >= 15 is 0 Å². The highest BCUT2D eigenvalue weighted by molar-refractivity contribution is 5.95. The Morgan fingerprint density at radius 3 is 1.90 bits per heavy atom. The third-order valence-corrected chi connectivity index (χ3v) is 6.07. The minimum Gasteiger partial charge on any atom is -0.355 e. The van der Waals surface area contributed by atoms with E-state index in [1.807, 2.05) is 24.0 Å². The molecule has 0 unspecified atom stereocenters. The lowest BCUT2D eigenvalue weighted by Gasteiger charge is -2.35. The smallest absolute Gasteiger partial charge is 0.254 e. The second-order valence-electron chi connectivity index (χ2n) is 8.25. The summed E-state index contributed by atoms with van der Waals surface area (Å²) in [7, 11) is 0. The van der Waals surface area contributed by atoms with Gasteiger partial charge in [-0.2, -0.15) is 0 Å². The molecule has 3 heterocycles. The Kier molecular flexibility index (Phi) is 5.97. The van der Waals surface area contributed by atoms with Crippen LogP contribution >= 0.6 is 0 Å². The van der Waals surface area contributed by atoms with Gasteiger partial charge in [0.15, 0.2) is 11.6 Å². The number of carbonyl (C=O) groups is 1. The maximum absolute atomic E-state index is 12.9. The SMILES string of the molecule is Cc1ccc(C(=O)N2CCN(c3ccc(N4CCCCCC4)nn3)CC2)c(C)c1. The molecular weight excluding hydrogens is 362 g/mol. The Morgan fingerprint density at radius 1 is 0.759 bits per heavy atom. The second-order valence-corrected chi connectivity index (χ2v) is 8.25. The van der Waals surface area contributed by atoms with Gasteiger partial charge in [-0.15, -0.1) is 10.2 Å². The van der Waals surface area contributed by atoms with Gasteiger partial charge >= 0.3 is 0 Å². The number of rotatable bonds is 3. The zero-order valence-corrected chi connectivity index (χ0v) is 17.6. The molecule has 0 spiro atoms. The molecule has 6 nitrogen and oxygen atoms in total. The van der Waals surface area contributed by atoms with Crippen molar-refractivity contribution in [1.29, 1.82) is 0 Å². The Labute approximate surface area is 173 Å². The molecule has 0 N–H and O–H groups in total. The monoisotopic (exact) mass is 393 g/mol. The number of aromatic nitrogens is 2. The van der Waals surface area contributed by atoms with Crippen molar-refractivity contribution in [2.24, 2.45) is 0 Å². The molecule has 0 atom stereocenters. The largest absolute Gasteiger partial charge is 0.355 e. The Balaban J connectivity index is 1.36. The van der Waals surface area contributed by atoms with Crippen LogP contribution in [0.2, 0.25) is 0 Å². The minimum absolute atomic E-state index is 0.129. The lowest BCUT2D eigenvalue weighted by atomic mass is 10.0. The first-order valence-electron chi connectivity index (χ1n) is 10.8. The number of anilines is 2. The van der Waals surface area contributed by atoms with Gasteiger partial charge in [0.1, 0.15) is 0 Å². The van der Waals surface area contributed by atoms with Gasteiger partial charge in [-0.25, -0.2) is 0 Å². The summed E-state index contributed by atoms with van der Waals surface area (Å²) in [6.45, 7) is 9.21. The average Bonchev–Trinajstić information content (AvgIpc) is 3.03. The van der Waals surface area contributed by atoms with Crippen LogP contribution in [0.3, 0.4) is 0 Å². The van der Waals surface area contributed by atoms with Crippen LogP contribution in [0.5, 0.6) is 0 Å². The van der Waals surface area contributed by atoms with Gasteiger partial charge in [0.05, 0.1) is 0 Å². The number of aryl methyl sites for hydroxylation is 2. The van der Waals surface area contributed by atoms with Crippen LogP contribution in [0.4, 0.5) is 11.6 Å². The fourth-order valence-electron chi connectivity index (χ4n) is 4.32. The van der Waals surface area contributed by atoms with Gasteiger partial charge in [-0.3, -0.25) is 4.79 Å². The van der Waals surface area contributed by atoms with E-state index in [4.69, 9.17) is 0 Å². The zero-order valence-electron chi connectivity index (χ0n) is 17.6. The van der Waals surface area contributed by atoms with Crippen molar-refractivity contribution in [2.75, 3.05) is 49.1 Å². The molecule has 2 aliphatic heterocycles. The molecule has 2 aliphatic rings. The van der Waals surface area contributed by atoms with Crippen molar-refractivity contribution in [2.45, 2.75) is 39.5 Å². The highest BCUT2D eigenvalue weighted by Gasteiger charge is 2.24. The van der Waals surface area contributed by atoms with E-state index in [2.05, 4.69) is 45.1 Å². The molecule has 0 bridgehead atoms. The topological polar surface area (TPSA) is 52.6 Å². The summed E-state index contributed by atoms with van der Waals surface area (Å²) in [5.74, 6) is 2.02. The molecule has 1 amide bonds. The van der Waals surface area contributed by atoms with Crippen LogP contribution in [0.25, 0.3) is 0 Å². The summed E-state index contributed by atoms with van der Waals surface area (Å²) >= 11 is 0. The molecule has 29 heavy (non-hydrogen) atoms. The predicted molar refractivity (Wildman–Crippen MR) is 117 cm³/mol. The summed E-state index contributed by atoms with van der Waals surface area (Å²) in [5.41, 5.74) is 3.05. The highest BCUT2D eigenvalue weighted by atomic mass is 16.2. The van der Waals surface area contributed by atoms with Crippen LogP contribution in [-0.4, -0.2) is 60.3 Å². The van der Waals surface area contributed by atoms with Gasteiger partial charge in [-0.05, 0) is 50.5 Å². The van der Waals surface area contributed by atoms with Gasteiger partial charge in [0.25, 0.3) is 5.91 Å². The van der Waals surface area contributed by atoms with E-state index < -0.39 is 0 Å². The molecule has 0 radical (unpaired) electrons. The lowest BCUT2D eigenvalue weighted by Crippen LogP contribution is -2.49. The molecule has 154 valence electrons. The number of carbonyl (C=O) groups excluding carboxylic acids is 1. The molecule has 4 rings (SSSR count). The van der Waals surface area contributed by atoms with Crippen molar-refractivity contribution in [3.05, 3.63) is 47.0 Å². The van der Waals surface area contributed by atoms with Crippen molar-refractivity contribution in [3.8, 4) is 0 Å². The summed E-state index contributed by atoms with van der Waals surface area (Å²) in [6.07, 6.45) is 5.10. The quantitative estimate of drug-likeness (QED) is 0.800. The number of hydrogen-bond donors (Lipinski definition) is 0. The number of hydrogen-bond acceptors (Lipinski definition) is 5. The molecule has 2 saturated heterocycles. The number of piperazine rings is 1. The summed E-state index contributed by atoms with van der Waals surface area (Å²) in [5, 5.41) is 8.99. The Bertz CT molecular complexity index is 835.